The molecule has 3 rings (SSSR count). The minimum absolute atomic E-state index is 0.259. The van der Waals surface area contributed by atoms with Crippen molar-refractivity contribution in [2.45, 2.75) is 45.7 Å². The molecule has 0 atom stereocenters. The number of thiocarbonyl (C=S) groups is 1. The third kappa shape index (κ3) is 7.87. The number of nitrogens with zero attached hydrogens (tertiary/aromatic N) is 1. The molecule has 1 amide bonds. The molecule has 2 N–H and O–H groups in total. The number of halogens is 1. The molecule has 0 aromatic heterocycles. The number of carbonyl (C=O) groups excluding carboxylic acids is 1. The topological polar surface area (TPSA) is 53.6 Å². The zero-order valence-corrected chi connectivity index (χ0v) is 21.2. The van der Waals surface area contributed by atoms with Gasteiger partial charge in [0, 0.05) is 30.1 Å². The van der Waals surface area contributed by atoms with Crippen molar-refractivity contribution in [3.05, 3.63) is 64.1 Å². The van der Waals surface area contributed by atoms with Crippen molar-refractivity contribution in [3.63, 3.8) is 0 Å². The molecule has 0 radical (unpaired) electrons. The van der Waals surface area contributed by atoms with Crippen molar-refractivity contribution in [1.29, 1.82) is 0 Å². The standard InChI is InChI=1S/C25H32BrN3O2S/c1-18(2)12-15-31-23-9-8-20(26)16-22(23)24(30)28-25(32)27-21-10-13-29(14-11-21)17-19-6-4-3-5-7-19/h3-9,16,18,21H,10-15,17H2,1-2H3,(H2,27,28,30,32). The molecular formula is C25H32BrN3O2S. The van der Waals surface area contributed by atoms with Gasteiger partial charge in [0.2, 0.25) is 0 Å². The highest BCUT2D eigenvalue weighted by atomic mass is 79.9. The monoisotopic (exact) mass is 517 g/mol. The molecule has 2 aromatic carbocycles. The second kappa shape index (κ2) is 12.3. The van der Waals surface area contributed by atoms with E-state index in [2.05, 4.69) is 69.6 Å². The molecule has 0 spiro atoms. The van der Waals surface area contributed by atoms with Crippen LogP contribution in [0.2, 0.25) is 0 Å². The zero-order chi connectivity index (χ0) is 22.9. The van der Waals surface area contributed by atoms with Gasteiger partial charge in [-0.3, -0.25) is 15.0 Å². The molecule has 1 fully saturated rings. The molecule has 32 heavy (non-hydrogen) atoms. The minimum atomic E-state index is -0.259. The fourth-order valence-corrected chi connectivity index (χ4v) is 4.30. The van der Waals surface area contributed by atoms with Crippen molar-refractivity contribution in [2.24, 2.45) is 5.92 Å². The first-order valence-electron chi connectivity index (χ1n) is 11.2. The van der Waals surface area contributed by atoms with Crippen molar-refractivity contribution in [3.8, 4) is 5.75 Å². The third-order valence-electron chi connectivity index (χ3n) is 5.54. The highest BCUT2D eigenvalue weighted by Crippen LogP contribution is 2.24. The van der Waals surface area contributed by atoms with E-state index in [1.54, 1.807) is 6.07 Å². The summed E-state index contributed by atoms with van der Waals surface area (Å²) in [6.07, 6.45) is 2.91. The number of likely N-dealkylation sites (tertiary alicyclic amines) is 1. The Bertz CT molecular complexity index is 899. The summed E-state index contributed by atoms with van der Waals surface area (Å²) in [6, 6.07) is 16.3. The van der Waals surface area contributed by atoms with Crippen LogP contribution < -0.4 is 15.4 Å². The van der Waals surface area contributed by atoms with E-state index < -0.39 is 0 Å². The van der Waals surface area contributed by atoms with Gasteiger partial charge in [-0.15, -0.1) is 0 Å². The summed E-state index contributed by atoms with van der Waals surface area (Å²) in [5.41, 5.74) is 1.81. The Morgan fingerprint density at radius 1 is 1.19 bits per heavy atom. The van der Waals surface area contributed by atoms with Gasteiger partial charge in [-0.2, -0.15) is 0 Å². The Labute approximate surface area is 205 Å². The quantitative estimate of drug-likeness (QED) is 0.474. The van der Waals surface area contributed by atoms with Gasteiger partial charge in [0.1, 0.15) is 5.75 Å². The Kier molecular flexibility index (Phi) is 9.51. The molecule has 172 valence electrons. The Balaban J connectivity index is 1.48. The smallest absolute Gasteiger partial charge is 0.261 e. The van der Waals surface area contributed by atoms with E-state index in [0.29, 0.717) is 29.0 Å². The Morgan fingerprint density at radius 3 is 2.59 bits per heavy atom. The number of amides is 1. The van der Waals surface area contributed by atoms with E-state index in [9.17, 15) is 4.79 Å². The number of hydrogen-bond acceptors (Lipinski definition) is 4. The zero-order valence-electron chi connectivity index (χ0n) is 18.8. The van der Waals surface area contributed by atoms with Crippen molar-refractivity contribution in [2.75, 3.05) is 19.7 Å². The number of carbonyl (C=O) groups is 1. The number of piperidine rings is 1. The maximum atomic E-state index is 12.9. The van der Waals surface area contributed by atoms with Gasteiger partial charge < -0.3 is 10.1 Å². The molecule has 1 saturated heterocycles. The van der Waals surface area contributed by atoms with Crippen LogP contribution in [0.15, 0.2) is 53.0 Å². The van der Waals surface area contributed by atoms with Gasteiger partial charge >= 0.3 is 0 Å². The number of hydrogen-bond donors (Lipinski definition) is 2. The lowest BCUT2D eigenvalue weighted by molar-refractivity contribution is 0.0971. The molecule has 1 aliphatic heterocycles. The largest absolute Gasteiger partial charge is 0.493 e. The van der Waals surface area contributed by atoms with Crippen molar-refractivity contribution >= 4 is 39.2 Å². The lowest BCUT2D eigenvalue weighted by Crippen LogP contribution is -2.48. The van der Waals surface area contributed by atoms with E-state index in [0.717, 1.165) is 43.4 Å². The molecular weight excluding hydrogens is 486 g/mol. The summed E-state index contributed by atoms with van der Waals surface area (Å²) < 4.78 is 6.69. The number of rotatable bonds is 8. The fraction of sp³-hybridized carbons (Fsp3) is 0.440. The fourth-order valence-electron chi connectivity index (χ4n) is 3.68. The van der Waals surface area contributed by atoms with Gasteiger partial charge in [-0.1, -0.05) is 60.1 Å². The van der Waals surface area contributed by atoms with Gasteiger partial charge in [-0.25, -0.2) is 0 Å². The first-order chi connectivity index (χ1) is 15.4. The van der Waals surface area contributed by atoms with Crippen LogP contribution in [0, 0.1) is 5.92 Å². The Hall–Kier alpha value is -1.96. The maximum absolute atomic E-state index is 12.9. The lowest BCUT2D eigenvalue weighted by atomic mass is 10.0. The molecule has 0 aliphatic carbocycles. The van der Waals surface area contributed by atoms with Gasteiger partial charge in [0.05, 0.1) is 12.2 Å². The highest BCUT2D eigenvalue weighted by molar-refractivity contribution is 9.10. The van der Waals surface area contributed by atoms with Crippen LogP contribution in [-0.2, 0) is 6.54 Å². The molecule has 0 unspecified atom stereocenters. The van der Waals surface area contributed by atoms with Crippen LogP contribution in [0.4, 0.5) is 0 Å². The summed E-state index contributed by atoms with van der Waals surface area (Å²) >= 11 is 8.88. The van der Waals surface area contributed by atoms with Gasteiger partial charge in [0.25, 0.3) is 5.91 Å². The van der Waals surface area contributed by atoms with E-state index in [-0.39, 0.29) is 11.9 Å². The summed E-state index contributed by atoms with van der Waals surface area (Å²) in [6.45, 7) is 7.84. The lowest BCUT2D eigenvalue weighted by Gasteiger charge is -2.32. The molecule has 1 heterocycles. The van der Waals surface area contributed by atoms with Crippen LogP contribution in [0.25, 0.3) is 0 Å². The summed E-state index contributed by atoms with van der Waals surface area (Å²) in [7, 11) is 0. The third-order valence-corrected chi connectivity index (χ3v) is 6.25. The Morgan fingerprint density at radius 2 is 1.91 bits per heavy atom. The predicted octanol–water partition coefficient (Wildman–Crippen LogP) is 5.14. The average molecular weight is 519 g/mol. The van der Waals surface area contributed by atoms with Gasteiger partial charge in [0.15, 0.2) is 5.11 Å². The molecule has 2 aromatic rings. The van der Waals surface area contributed by atoms with Crippen LogP contribution in [0.1, 0.15) is 49.0 Å². The van der Waals surface area contributed by atoms with E-state index in [4.69, 9.17) is 17.0 Å². The van der Waals surface area contributed by atoms with Crippen molar-refractivity contribution < 1.29 is 9.53 Å². The molecule has 0 saturated carbocycles. The van der Waals surface area contributed by atoms with Crippen LogP contribution >= 0.6 is 28.1 Å². The number of ether oxygens (including phenoxy) is 1. The van der Waals surface area contributed by atoms with E-state index >= 15 is 0 Å². The van der Waals surface area contributed by atoms with E-state index in [1.165, 1.54) is 5.56 Å². The summed E-state index contributed by atoms with van der Waals surface area (Å²) in [5, 5.41) is 6.51. The van der Waals surface area contributed by atoms with E-state index in [1.807, 2.05) is 18.2 Å². The second-order valence-electron chi connectivity index (χ2n) is 8.64. The van der Waals surface area contributed by atoms with Gasteiger partial charge in [-0.05, 0) is 61.2 Å². The van der Waals surface area contributed by atoms with Crippen LogP contribution in [-0.4, -0.2) is 41.7 Å². The highest BCUT2D eigenvalue weighted by Gasteiger charge is 2.21. The maximum Gasteiger partial charge on any atom is 0.261 e. The summed E-state index contributed by atoms with van der Waals surface area (Å²) in [4.78, 5) is 15.3. The minimum Gasteiger partial charge on any atom is -0.493 e. The predicted molar refractivity (Wildman–Crippen MR) is 137 cm³/mol. The molecule has 7 heteroatoms. The normalized spacial score (nSPS) is 14.9. The van der Waals surface area contributed by atoms with Crippen molar-refractivity contribution in [1.82, 2.24) is 15.5 Å². The van der Waals surface area contributed by atoms with Crippen LogP contribution in [0.3, 0.4) is 0 Å². The number of benzene rings is 2. The second-order valence-corrected chi connectivity index (χ2v) is 9.96. The number of nitrogens with one attached hydrogen (secondary N) is 2. The molecule has 0 bridgehead atoms. The summed E-state index contributed by atoms with van der Waals surface area (Å²) in [5.74, 6) is 0.854. The molecule has 5 nitrogen and oxygen atoms in total. The van der Waals surface area contributed by atoms with Crippen LogP contribution in [0.5, 0.6) is 5.75 Å². The average Bonchev–Trinajstić information content (AvgIpc) is 2.76. The SMILES string of the molecule is CC(C)CCOc1ccc(Br)cc1C(=O)NC(=S)NC1CCN(Cc2ccccc2)CC1. The first kappa shape index (κ1) is 24.7. The first-order valence-corrected chi connectivity index (χ1v) is 12.4. The molecule has 1 aliphatic rings.